The second kappa shape index (κ2) is 7.43. The zero-order valence-corrected chi connectivity index (χ0v) is 14.2. The van der Waals surface area contributed by atoms with Gasteiger partial charge < -0.3 is 0 Å². The van der Waals surface area contributed by atoms with Gasteiger partial charge in [0.25, 0.3) is 0 Å². The van der Waals surface area contributed by atoms with Crippen LogP contribution in [-0.2, 0) is 0 Å². The lowest BCUT2D eigenvalue weighted by atomic mass is 10.00. The van der Waals surface area contributed by atoms with Crippen LogP contribution in [-0.4, -0.2) is 0 Å². The van der Waals surface area contributed by atoms with Crippen molar-refractivity contribution in [3.63, 3.8) is 0 Å². The second-order valence-electron chi connectivity index (χ2n) is 5.94. The summed E-state index contributed by atoms with van der Waals surface area (Å²) in [5.74, 6) is 13.1. The largest absolute Gasteiger partial charge is 0.0622 e. The number of hydrogen-bond acceptors (Lipinski definition) is 0. The van der Waals surface area contributed by atoms with Crippen molar-refractivity contribution in [3.05, 3.63) is 119 Å². The molecule has 0 fully saturated rings. The van der Waals surface area contributed by atoms with Gasteiger partial charge in [0.05, 0.1) is 0 Å². The Morgan fingerprint density at radius 3 is 1.19 bits per heavy atom. The van der Waals surface area contributed by atoms with Crippen molar-refractivity contribution in [1.82, 2.24) is 0 Å². The van der Waals surface area contributed by atoms with Gasteiger partial charge in [-0.1, -0.05) is 84.3 Å². The topological polar surface area (TPSA) is 0 Å². The summed E-state index contributed by atoms with van der Waals surface area (Å²) in [5.41, 5.74) is 4.08. The predicted molar refractivity (Wildman–Crippen MR) is 109 cm³/mol. The van der Waals surface area contributed by atoms with E-state index in [-0.39, 0.29) is 0 Å². The first-order valence-electron chi connectivity index (χ1n) is 8.56. The Kier molecular flexibility index (Phi) is 4.51. The van der Waals surface area contributed by atoms with Crippen molar-refractivity contribution < 1.29 is 0 Å². The molecule has 4 aromatic carbocycles. The van der Waals surface area contributed by atoms with E-state index in [0.29, 0.717) is 0 Å². The van der Waals surface area contributed by atoms with Gasteiger partial charge in [0, 0.05) is 22.3 Å². The zero-order chi connectivity index (χ0) is 17.6. The number of hydrogen-bond donors (Lipinski definition) is 0. The standard InChI is InChI=1S/C26H16/c1-3-9-21(10-4-1)17-19-23-13-7-16-26-24(14-8-15-25(23)26)20-18-22-11-5-2-6-12-22/h1-16H. The van der Waals surface area contributed by atoms with Gasteiger partial charge in [-0.2, -0.15) is 0 Å². The van der Waals surface area contributed by atoms with E-state index in [9.17, 15) is 0 Å². The molecule has 0 nitrogen and oxygen atoms in total. The van der Waals surface area contributed by atoms with Crippen molar-refractivity contribution in [3.8, 4) is 23.7 Å². The number of benzene rings is 4. The van der Waals surface area contributed by atoms with Gasteiger partial charge in [-0.25, -0.2) is 0 Å². The number of rotatable bonds is 0. The van der Waals surface area contributed by atoms with Crippen LogP contribution in [0.4, 0.5) is 0 Å². The van der Waals surface area contributed by atoms with E-state index in [1.165, 1.54) is 0 Å². The molecular formula is C26H16. The minimum absolute atomic E-state index is 1.02. The van der Waals surface area contributed by atoms with Gasteiger partial charge >= 0.3 is 0 Å². The molecule has 0 bridgehead atoms. The minimum atomic E-state index is 1.02. The van der Waals surface area contributed by atoms with Crippen LogP contribution in [0.15, 0.2) is 97.1 Å². The summed E-state index contributed by atoms with van der Waals surface area (Å²) in [4.78, 5) is 0. The van der Waals surface area contributed by atoms with Crippen molar-refractivity contribution >= 4 is 10.8 Å². The molecule has 4 aromatic rings. The molecule has 0 amide bonds. The van der Waals surface area contributed by atoms with E-state index >= 15 is 0 Å². The van der Waals surface area contributed by atoms with E-state index in [0.717, 1.165) is 33.0 Å². The maximum absolute atomic E-state index is 3.31. The fourth-order valence-corrected chi connectivity index (χ4v) is 2.85. The van der Waals surface area contributed by atoms with Crippen molar-refractivity contribution in [2.75, 3.05) is 0 Å². The fourth-order valence-electron chi connectivity index (χ4n) is 2.85. The molecule has 0 N–H and O–H groups in total. The van der Waals surface area contributed by atoms with Gasteiger partial charge in [0.15, 0.2) is 0 Å². The van der Waals surface area contributed by atoms with E-state index in [1.54, 1.807) is 0 Å². The van der Waals surface area contributed by atoms with E-state index in [2.05, 4.69) is 47.9 Å². The normalized spacial score (nSPS) is 9.69. The Bertz CT molecular complexity index is 1070. The third kappa shape index (κ3) is 3.51. The summed E-state index contributed by atoms with van der Waals surface area (Å²) in [5, 5.41) is 2.27. The summed E-state index contributed by atoms with van der Waals surface area (Å²) in [6, 6.07) is 32.5. The van der Waals surface area contributed by atoms with Crippen molar-refractivity contribution in [1.29, 1.82) is 0 Å². The molecule has 26 heavy (non-hydrogen) atoms. The molecule has 0 aromatic heterocycles. The minimum Gasteiger partial charge on any atom is -0.0622 e. The first-order chi connectivity index (χ1) is 12.9. The summed E-state index contributed by atoms with van der Waals surface area (Å²) >= 11 is 0. The van der Waals surface area contributed by atoms with Gasteiger partial charge in [-0.3, -0.25) is 0 Å². The Morgan fingerprint density at radius 1 is 0.346 bits per heavy atom. The molecule has 0 heterocycles. The maximum Gasteiger partial charge on any atom is 0.0327 e. The Labute approximate surface area is 154 Å². The highest BCUT2D eigenvalue weighted by atomic mass is 14.0. The number of fused-ring (bicyclic) bond motifs is 1. The van der Waals surface area contributed by atoms with Crippen molar-refractivity contribution in [2.24, 2.45) is 0 Å². The SMILES string of the molecule is C(#Cc1cccc2c(C#Cc3ccccc3)cccc12)c1ccccc1. The Hall–Kier alpha value is -3.74. The molecule has 0 aliphatic carbocycles. The lowest BCUT2D eigenvalue weighted by Gasteiger charge is -2.03. The van der Waals surface area contributed by atoms with Crippen LogP contribution >= 0.6 is 0 Å². The highest BCUT2D eigenvalue weighted by Gasteiger charge is 2.01. The lowest BCUT2D eigenvalue weighted by molar-refractivity contribution is 1.63. The van der Waals surface area contributed by atoms with Crippen LogP contribution in [0, 0.1) is 23.7 Å². The molecule has 0 radical (unpaired) electrons. The summed E-state index contributed by atoms with van der Waals surface area (Å²) < 4.78 is 0. The molecule has 0 aliphatic heterocycles. The van der Waals surface area contributed by atoms with Crippen LogP contribution in [0.3, 0.4) is 0 Å². The molecule has 0 saturated heterocycles. The zero-order valence-electron chi connectivity index (χ0n) is 14.2. The average molecular weight is 328 g/mol. The molecule has 0 unspecified atom stereocenters. The van der Waals surface area contributed by atoms with E-state index in [1.807, 2.05) is 72.8 Å². The fraction of sp³-hybridized carbons (Fsp3) is 0. The van der Waals surface area contributed by atoms with E-state index in [4.69, 9.17) is 0 Å². The molecule has 0 spiro atoms. The summed E-state index contributed by atoms with van der Waals surface area (Å²) in [6.45, 7) is 0. The summed E-state index contributed by atoms with van der Waals surface area (Å²) in [6.07, 6.45) is 0. The molecule has 0 atom stereocenters. The molecule has 4 rings (SSSR count). The average Bonchev–Trinajstić information content (AvgIpc) is 2.72. The lowest BCUT2D eigenvalue weighted by Crippen LogP contribution is -1.84. The molecule has 0 aliphatic rings. The Balaban J connectivity index is 1.77. The monoisotopic (exact) mass is 328 g/mol. The third-order valence-electron chi connectivity index (χ3n) is 4.15. The third-order valence-corrected chi connectivity index (χ3v) is 4.15. The highest BCUT2D eigenvalue weighted by molar-refractivity contribution is 5.92. The molecule has 0 heteroatoms. The van der Waals surface area contributed by atoms with Crippen molar-refractivity contribution in [2.45, 2.75) is 0 Å². The first kappa shape index (κ1) is 15.8. The van der Waals surface area contributed by atoms with Crippen LogP contribution < -0.4 is 0 Å². The van der Waals surface area contributed by atoms with E-state index < -0.39 is 0 Å². The van der Waals surface area contributed by atoms with Gasteiger partial charge in [-0.15, -0.1) is 0 Å². The predicted octanol–water partition coefficient (Wildman–Crippen LogP) is 5.64. The summed E-state index contributed by atoms with van der Waals surface area (Å²) in [7, 11) is 0. The van der Waals surface area contributed by atoms with Crippen LogP contribution in [0.2, 0.25) is 0 Å². The van der Waals surface area contributed by atoms with Gasteiger partial charge in [0.2, 0.25) is 0 Å². The maximum atomic E-state index is 3.31. The van der Waals surface area contributed by atoms with Gasteiger partial charge in [-0.05, 0) is 47.2 Å². The van der Waals surface area contributed by atoms with Crippen LogP contribution in [0.5, 0.6) is 0 Å². The smallest absolute Gasteiger partial charge is 0.0327 e. The second-order valence-corrected chi connectivity index (χ2v) is 5.94. The van der Waals surface area contributed by atoms with Crippen LogP contribution in [0.1, 0.15) is 22.3 Å². The molecule has 120 valence electrons. The van der Waals surface area contributed by atoms with Gasteiger partial charge in [0.1, 0.15) is 0 Å². The quantitative estimate of drug-likeness (QED) is 0.366. The first-order valence-corrected chi connectivity index (χ1v) is 8.56. The highest BCUT2D eigenvalue weighted by Crippen LogP contribution is 2.21. The molecule has 0 saturated carbocycles. The Morgan fingerprint density at radius 2 is 0.769 bits per heavy atom. The molecular weight excluding hydrogens is 312 g/mol. The van der Waals surface area contributed by atoms with Crippen LogP contribution in [0.25, 0.3) is 10.8 Å².